The van der Waals surface area contributed by atoms with E-state index in [0.717, 1.165) is 24.8 Å². The van der Waals surface area contributed by atoms with E-state index < -0.39 is 23.7 Å². The van der Waals surface area contributed by atoms with Gasteiger partial charge in [0.2, 0.25) is 0 Å². The number of halogens is 3. The van der Waals surface area contributed by atoms with Gasteiger partial charge >= 0.3 is 5.97 Å². The summed E-state index contributed by atoms with van der Waals surface area (Å²) in [6.45, 7) is 0.870. The van der Waals surface area contributed by atoms with Crippen LogP contribution < -0.4 is 9.47 Å². The van der Waals surface area contributed by atoms with E-state index in [0.29, 0.717) is 18.6 Å². The summed E-state index contributed by atoms with van der Waals surface area (Å²) in [7, 11) is 1.19. The molecule has 1 fully saturated rings. The van der Waals surface area contributed by atoms with Gasteiger partial charge in [0, 0.05) is 35.8 Å². The molecule has 0 radical (unpaired) electrons. The van der Waals surface area contributed by atoms with Gasteiger partial charge in [-0.25, -0.2) is 13.6 Å². The summed E-state index contributed by atoms with van der Waals surface area (Å²) >= 11 is 6.44. The van der Waals surface area contributed by atoms with Crippen molar-refractivity contribution in [2.45, 2.75) is 38.1 Å². The fourth-order valence-corrected chi connectivity index (χ4v) is 5.07. The molecule has 3 aromatic rings. The Morgan fingerprint density at radius 1 is 1.08 bits per heavy atom. The highest BCUT2D eigenvalue weighted by Crippen LogP contribution is 2.48. The second-order valence-electron chi connectivity index (χ2n) is 9.05. The molecule has 2 aliphatic rings. The molecule has 0 amide bonds. The molecule has 3 aromatic carbocycles. The molecule has 2 unspecified atom stereocenters. The van der Waals surface area contributed by atoms with E-state index in [1.54, 1.807) is 0 Å². The molecule has 1 saturated heterocycles. The lowest BCUT2D eigenvalue weighted by atomic mass is 9.91. The van der Waals surface area contributed by atoms with E-state index in [1.807, 2.05) is 30.3 Å². The lowest BCUT2D eigenvalue weighted by Gasteiger charge is -2.22. The molecule has 2 heterocycles. The predicted octanol–water partition coefficient (Wildman–Crippen LogP) is 6.67. The molecule has 0 aromatic heterocycles. The van der Waals surface area contributed by atoms with E-state index in [1.165, 1.54) is 25.3 Å². The maximum Gasteiger partial charge on any atom is 0.338 e. The quantitative estimate of drug-likeness (QED) is 0.233. The summed E-state index contributed by atoms with van der Waals surface area (Å²) in [6, 6.07) is 13.3. The van der Waals surface area contributed by atoms with Crippen molar-refractivity contribution in [1.82, 2.24) is 0 Å². The van der Waals surface area contributed by atoms with Crippen molar-refractivity contribution in [3.63, 3.8) is 0 Å². The maximum atomic E-state index is 16.1. The van der Waals surface area contributed by atoms with Crippen LogP contribution in [0, 0.1) is 11.6 Å². The van der Waals surface area contributed by atoms with Gasteiger partial charge in [0.25, 0.3) is 0 Å². The molecular formula is C29H27ClF2O6. The summed E-state index contributed by atoms with van der Waals surface area (Å²) in [5.74, 6) is -2.35. The molecule has 38 heavy (non-hydrogen) atoms. The summed E-state index contributed by atoms with van der Waals surface area (Å²) in [5, 5.41) is -0.319. The van der Waals surface area contributed by atoms with E-state index in [-0.39, 0.29) is 52.7 Å². The fourth-order valence-electron chi connectivity index (χ4n) is 4.81. The largest absolute Gasteiger partial charge is 0.488 e. The highest BCUT2D eigenvalue weighted by Gasteiger charge is 2.34. The molecule has 2 aliphatic heterocycles. The Labute approximate surface area is 224 Å². The monoisotopic (exact) mass is 544 g/mol. The maximum absolute atomic E-state index is 16.1. The number of benzene rings is 3. The first-order valence-corrected chi connectivity index (χ1v) is 12.9. The van der Waals surface area contributed by atoms with Crippen LogP contribution in [0.25, 0.3) is 11.1 Å². The SMILES string of the molecule is COC(=O)c1ccc(OCCOC2CCCCO2)c(F)c1-c1c(Cl)c(F)cc2c1CC(c1ccccc1)O2. The molecule has 2 atom stereocenters. The number of carbonyl (C=O) groups excluding carboxylic acids is 1. The van der Waals surface area contributed by atoms with Crippen LogP contribution in [-0.2, 0) is 20.6 Å². The van der Waals surface area contributed by atoms with E-state index in [2.05, 4.69) is 0 Å². The Morgan fingerprint density at radius 2 is 1.89 bits per heavy atom. The van der Waals surface area contributed by atoms with Gasteiger partial charge in [-0.3, -0.25) is 0 Å². The number of hydrogen-bond acceptors (Lipinski definition) is 6. The zero-order valence-corrected chi connectivity index (χ0v) is 21.6. The van der Waals surface area contributed by atoms with Crippen molar-refractivity contribution in [3.05, 3.63) is 81.9 Å². The van der Waals surface area contributed by atoms with E-state index in [9.17, 15) is 4.79 Å². The molecule has 0 aliphatic carbocycles. The third-order valence-electron chi connectivity index (χ3n) is 6.66. The summed E-state index contributed by atoms with van der Waals surface area (Å²) in [6.07, 6.45) is 2.38. The molecule has 6 nitrogen and oxygen atoms in total. The van der Waals surface area contributed by atoms with Crippen molar-refractivity contribution in [3.8, 4) is 22.6 Å². The highest BCUT2D eigenvalue weighted by atomic mass is 35.5. The highest BCUT2D eigenvalue weighted by molar-refractivity contribution is 6.34. The van der Waals surface area contributed by atoms with Gasteiger partial charge in [0.05, 0.1) is 24.3 Å². The van der Waals surface area contributed by atoms with Gasteiger partial charge < -0.3 is 23.7 Å². The van der Waals surface area contributed by atoms with Gasteiger partial charge in [0.15, 0.2) is 17.9 Å². The second kappa shape index (κ2) is 11.7. The molecule has 0 N–H and O–H groups in total. The summed E-state index contributed by atoms with van der Waals surface area (Å²) in [5.41, 5.74) is 1.09. The zero-order valence-electron chi connectivity index (χ0n) is 20.8. The van der Waals surface area contributed by atoms with Crippen molar-refractivity contribution >= 4 is 17.6 Å². The minimum Gasteiger partial charge on any atom is -0.488 e. The predicted molar refractivity (Wildman–Crippen MR) is 137 cm³/mol. The van der Waals surface area contributed by atoms with Crippen LogP contribution in [0.15, 0.2) is 48.5 Å². The van der Waals surface area contributed by atoms with Crippen molar-refractivity contribution < 1.29 is 37.3 Å². The fraction of sp³-hybridized carbons (Fsp3) is 0.345. The van der Waals surface area contributed by atoms with Gasteiger partial charge in [0.1, 0.15) is 24.3 Å². The minimum absolute atomic E-state index is 0.0373. The molecular weight excluding hydrogens is 518 g/mol. The standard InChI is InChI=1S/C29H27ClF2O6/c1-34-29(33)18-10-11-21(35-13-14-37-24-9-5-6-12-36-24)28(32)26(18)25-19-15-22(17-7-3-2-4-8-17)38-23(19)16-20(31)27(25)30/h2-4,7-8,10-11,16,22,24H,5-6,9,12-15H2,1H3. The third kappa shape index (κ3) is 5.34. The minimum atomic E-state index is -0.861. The van der Waals surface area contributed by atoms with Crippen LogP contribution in [0.5, 0.6) is 11.5 Å². The van der Waals surface area contributed by atoms with E-state index in [4.69, 9.17) is 35.3 Å². The average Bonchev–Trinajstić information content (AvgIpc) is 3.37. The van der Waals surface area contributed by atoms with Crippen molar-refractivity contribution in [2.75, 3.05) is 26.9 Å². The number of methoxy groups -OCH3 is 1. The van der Waals surface area contributed by atoms with Gasteiger partial charge in [-0.1, -0.05) is 41.9 Å². The third-order valence-corrected chi connectivity index (χ3v) is 7.03. The smallest absolute Gasteiger partial charge is 0.338 e. The second-order valence-corrected chi connectivity index (χ2v) is 9.43. The average molecular weight is 545 g/mol. The lowest BCUT2D eigenvalue weighted by molar-refractivity contribution is -0.165. The van der Waals surface area contributed by atoms with Crippen LogP contribution in [0.2, 0.25) is 5.02 Å². The van der Waals surface area contributed by atoms with Gasteiger partial charge in [-0.15, -0.1) is 0 Å². The molecule has 200 valence electrons. The van der Waals surface area contributed by atoms with E-state index >= 15 is 8.78 Å². The Bertz CT molecular complexity index is 1310. The summed E-state index contributed by atoms with van der Waals surface area (Å²) < 4.78 is 58.9. The van der Waals surface area contributed by atoms with Crippen LogP contribution in [0.4, 0.5) is 8.78 Å². The first kappa shape index (κ1) is 26.4. The zero-order chi connectivity index (χ0) is 26.6. The van der Waals surface area contributed by atoms with Gasteiger partial charge in [-0.2, -0.15) is 0 Å². The van der Waals surface area contributed by atoms with Crippen LogP contribution in [0.3, 0.4) is 0 Å². The molecule has 0 bridgehead atoms. The lowest BCUT2D eigenvalue weighted by Crippen LogP contribution is -2.24. The van der Waals surface area contributed by atoms with Crippen molar-refractivity contribution in [1.29, 1.82) is 0 Å². The number of fused-ring (bicyclic) bond motifs is 1. The molecule has 0 saturated carbocycles. The topological polar surface area (TPSA) is 63.2 Å². The number of rotatable bonds is 8. The Hall–Kier alpha value is -3.20. The van der Waals surface area contributed by atoms with Crippen LogP contribution in [-0.4, -0.2) is 39.2 Å². The van der Waals surface area contributed by atoms with Crippen molar-refractivity contribution in [2.24, 2.45) is 0 Å². The Balaban J connectivity index is 1.49. The number of carbonyl (C=O) groups is 1. The first-order valence-electron chi connectivity index (χ1n) is 12.5. The first-order chi connectivity index (χ1) is 18.5. The molecule has 5 rings (SSSR count). The molecule has 9 heteroatoms. The van der Waals surface area contributed by atoms with Gasteiger partial charge in [-0.05, 0) is 37.0 Å². The Morgan fingerprint density at radius 3 is 2.63 bits per heavy atom. The number of hydrogen-bond donors (Lipinski definition) is 0. The molecule has 0 spiro atoms. The van der Waals surface area contributed by atoms with Crippen LogP contribution >= 0.6 is 11.6 Å². The number of ether oxygens (including phenoxy) is 5. The summed E-state index contributed by atoms with van der Waals surface area (Å²) in [4.78, 5) is 12.7. The normalized spacial score (nSPS) is 18.5. The van der Waals surface area contributed by atoms with Crippen LogP contribution in [0.1, 0.15) is 46.9 Å². The Kier molecular flexibility index (Phi) is 8.12. The number of esters is 1.